The highest BCUT2D eigenvalue weighted by Crippen LogP contribution is 2.43. The maximum absolute atomic E-state index is 13.6. The number of aromatic nitrogens is 5. The van der Waals surface area contributed by atoms with Crippen LogP contribution in [0.2, 0.25) is 5.02 Å². The Morgan fingerprint density at radius 2 is 2.06 bits per heavy atom. The van der Waals surface area contributed by atoms with Crippen molar-refractivity contribution in [3.05, 3.63) is 45.4 Å². The third kappa shape index (κ3) is 3.95. The van der Waals surface area contributed by atoms with Crippen LogP contribution in [-0.2, 0) is 13.6 Å². The topological polar surface area (TPSA) is 121 Å². The zero-order valence-electron chi connectivity index (χ0n) is 17.7. The van der Waals surface area contributed by atoms with E-state index >= 15 is 0 Å². The summed E-state index contributed by atoms with van der Waals surface area (Å²) in [5, 5.41) is 11.4. The lowest BCUT2D eigenvalue weighted by atomic mass is 10.0. The number of nitrogens with one attached hydrogen (secondary N) is 1. The molecule has 0 aliphatic rings. The average molecular weight is 494 g/mol. The number of aryl methyl sites for hydroxylation is 3. The van der Waals surface area contributed by atoms with Gasteiger partial charge in [0, 0.05) is 30.7 Å². The van der Waals surface area contributed by atoms with Gasteiger partial charge in [-0.1, -0.05) is 11.6 Å². The Morgan fingerprint density at radius 3 is 2.64 bits per heavy atom. The van der Waals surface area contributed by atoms with Gasteiger partial charge in [0.2, 0.25) is 0 Å². The summed E-state index contributed by atoms with van der Waals surface area (Å²) in [5.41, 5.74) is 6.71. The van der Waals surface area contributed by atoms with Gasteiger partial charge in [0.1, 0.15) is 21.1 Å². The van der Waals surface area contributed by atoms with Crippen molar-refractivity contribution in [1.82, 2.24) is 24.5 Å². The van der Waals surface area contributed by atoms with Crippen molar-refractivity contribution in [3.8, 4) is 11.1 Å². The van der Waals surface area contributed by atoms with Crippen molar-refractivity contribution in [1.29, 1.82) is 0 Å². The third-order valence-corrected chi connectivity index (χ3v) is 6.36. The predicted octanol–water partition coefficient (Wildman–Crippen LogP) is 4.16. The number of thiophene rings is 1. The van der Waals surface area contributed by atoms with Gasteiger partial charge < -0.3 is 11.1 Å². The van der Waals surface area contributed by atoms with E-state index < -0.39 is 23.9 Å². The minimum atomic E-state index is -2.85. The molecule has 0 aliphatic carbocycles. The van der Waals surface area contributed by atoms with Gasteiger partial charge >= 0.3 is 0 Å². The fourth-order valence-electron chi connectivity index (χ4n) is 3.60. The molecule has 33 heavy (non-hydrogen) atoms. The average Bonchev–Trinajstić information content (AvgIpc) is 3.41. The van der Waals surface area contributed by atoms with Gasteiger partial charge in [-0.15, -0.1) is 11.3 Å². The minimum absolute atomic E-state index is 0.0289. The quantitative estimate of drug-likeness (QED) is 0.417. The summed E-state index contributed by atoms with van der Waals surface area (Å²) in [6.07, 6.45) is 0.150. The zero-order valence-corrected chi connectivity index (χ0v) is 19.3. The molecule has 0 aliphatic heterocycles. The lowest BCUT2D eigenvalue weighted by Crippen LogP contribution is -2.20. The summed E-state index contributed by atoms with van der Waals surface area (Å²) < 4.78 is 30.2. The Labute approximate surface area is 195 Å². The number of carbonyl (C=O) groups excluding carboxylic acids is 2. The summed E-state index contributed by atoms with van der Waals surface area (Å²) in [6.45, 7) is 3.89. The van der Waals surface area contributed by atoms with E-state index in [1.165, 1.54) is 21.6 Å². The van der Waals surface area contributed by atoms with Gasteiger partial charge in [0.25, 0.3) is 18.2 Å². The molecule has 0 spiro atoms. The summed E-state index contributed by atoms with van der Waals surface area (Å²) in [7, 11) is 1.70. The highest BCUT2D eigenvalue weighted by Gasteiger charge is 2.27. The molecule has 0 fully saturated rings. The van der Waals surface area contributed by atoms with Gasteiger partial charge in [-0.3, -0.25) is 19.0 Å². The van der Waals surface area contributed by atoms with Crippen LogP contribution in [0, 0.1) is 6.92 Å². The number of carbonyl (C=O) groups is 2. The minimum Gasteiger partial charge on any atom is -0.365 e. The van der Waals surface area contributed by atoms with E-state index in [-0.39, 0.29) is 26.1 Å². The highest BCUT2D eigenvalue weighted by atomic mass is 35.5. The molecular weight excluding hydrogens is 476 g/mol. The summed E-state index contributed by atoms with van der Waals surface area (Å²) >= 11 is 6.97. The number of hydrogen-bond acceptors (Lipinski definition) is 6. The second-order valence-corrected chi connectivity index (χ2v) is 8.57. The van der Waals surface area contributed by atoms with Gasteiger partial charge in [-0.05, 0) is 25.5 Å². The van der Waals surface area contributed by atoms with E-state index in [1.807, 2.05) is 0 Å². The van der Waals surface area contributed by atoms with Gasteiger partial charge in [-0.25, -0.2) is 13.8 Å². The van der Waals surface area contributed by atoms with Crippen molar-refractivity contribution in [3.63, 3.8) is 0 Å². The Morgan fingerprint density at radius 1 is 1.33 bits per heavy atom. The molecule has 13 heteroatoms. The summed E-state index contributed by atoms with van der Waals surface area (Å²) in [5.74, 6) is -1.47. The summed E-state index contributed by atoms with van der Waals surface area (Å²) in [6, 6.07) is 1.23. The van der Waals surface area contributed by atoms with Crippen LogP contribution in [0.1, 0.15) is 44.9 Å². The molecule has 0 bridgehead atoms. The molecular formula is C20H18ClF2N7O2S. The van der Waals surface area contributed by atoms with E-state index in [0.29, 0.717) is 28.8 Å². The molecule has 4 aromatic heterocycles. The monoisotopic (exact) mass is 493 g/mol. The van der Waals surface area contributed by atoms with Crippen LogP contribution in [0.25, 0.3) is 21.3 Å². The first-order valence-electron chi connectivity index (χ1n) is 9.71. The molecule has 0 atom stereocenters. The van der Waals surface area contributed by atoms with E-state index in [4.69, 9.17) is 17.3 Å². The van der Waals surface area contributed by atoms with Crippen LogP contribution in [0.5, 0.6) is 0 Å². The fraction of sp³-hybridized carbons (Fsp3) is 0.250. The number of pyridine rings is 1. The maximum atomic E-state index is 13.6. The standard InChI is InChI=1S/C20H18ClF2N7O2S/c1-4-30-15(11(21)6-25-30)19(32)27-14-13-9(10-7-29(3)28-8(10)2)5-12(17(22)23)26-20(13)33-16(14)18(24)31/h5-7,17H,4H2,1-3H3,(H2,24,31)(H,27,32). The van der Waals surface area contributed by atoms with Crippen molar-refractivity contribution in [2.75, 3.05) is 5.32 Å². The van der Waals surface area contributed by atoms with Crippen LogP contribution in [0.15, 0.2) is 18.5 Å². The molecule has 4 heterocycles. The lowest BCUT2D eigenvalue weighted by Gasteiger charge is -2.11. The molecule has 4 aromatic rings. The number of nitrogens with zero attached hydrogens (tertiary/aromatic N) is 5. The molecule has 0 aromatic carbocycles. The summed E-state index contributed by atoms with van der Waals surface area (Å²) in [4.78, 5) is 29.5. The predicted molar refractivity (Wildman–Crippen MR) is 121 cm³/mol. The number of nitrogens with two attached hydrogens (primary N) is 1. The fourth-order valence-corrected chi connectivity index (χ4v) is 4.84. The zero-order chi connectivity index (χ0) is 24.0. The van der Waals surface area contributed by atoms with Crippen molar-refractivity contribution in [2.45, 2.75) is 26.8 Å². The molecule has 2 amide bonds. The lowest BCUT2D eigenvalue weighted by molar-refractivity contribution is 0.100. The van der Waals surface area contributed by atoms with E-state index in [0.717, 1.165) is 11.3 Å². The number of fused-ring (bicyclic) bond motifs is 1. The Balaban J connectivity index is 1.99. The van der Waals surface area contributed by atoms with Gasteiger partial charge in [0.15, 0.2) is 0 Å². The second-order valence-electron chi connectivity index (χ2n) is 7.16. The highest BCUT2D eigenvalue weighted by molar-refractivity contribution is 7.21. The van der Waals surface area contributed by atoms with Crippen LogP contribution in [0.3, 0.4) is 0 Å². The number of anilines is 1. The SMILES string of the molecule is CCn1ncc(Cl)c1C(=O)Nc1c(C(N)=O)sc2nc(C(F)F)cc(-c3cn(C)nc3C)c12. The largest absolute Gasteiger partial charge is 0.365 e. The Kier molecular flexibility index (Phi) is 5.89. The number of hydrogen-bond donors (Lipinski definition) is 2. The first-order valence-corrected chi connectivity index (χ1v) is 10.9. The number of alkyl halides is 2. The van der Waals surface area contributed by atoms with Gasteiger partial charge in [-0.2, -0.15) is 10.2 Å². The molecule has 4 rings (SSSR count). The molecule has 172 valence electrons. The maximum Gasteiger partial charge on any atom is 0.280 e. The number of halogens is 3. The normalized spacial score (nSPS) is 11.5. The van der Waals surface area contributed by atoms with Crippen molar-refractivity contribution >= 4 is 50.7 Å². The van der Waals surface area contributed by atoms with Crippen LogP contribution in [0.4, 0.5) is 14.5 Å². The van der Waals surface area contributed by atoms with E-state index in [1.54, 1.807) is 27.1 Å². The second kappa shape index (κ2) is 8.52. The molecule has 0 unspecified atom stereocenters. The number of primary amides is 1. The smallest absolute Gasteiger partial charge is 0.280 e. The van der Waals surface area contributed by atoms with Crippen molar-refractivity contribution in [2.24, 2.45) is 12.8 Å². The first-order chi connectivity index (χ1) is 15.6. The van der Waals surface area contributed by atoms with E-state index in [2.05, 4.69) is 20.5 Å². The number of amides is 2. The van der Waals surface area contributed by atoms with Crippen molar-refractivity contribution < 1.29 is 18.4 Å². The number of rotatable bonds is 6. The molecule has 0 radical (unpaired) electrons. The van der Waals surface area contributed by atoms with Crippen LogP contribution in [-0.4, -0.2) is 36.4 Å². The Bertz CT molecular complexity index is 1410. The molecule has 9 nitrogen and oxygen atoms in total. The van der Waals surface area contributed by atoms with Crippen LogP contribution >= 0.6 is 22.9 Å². The van der Waals surface area contributed by atoms with E-state index in [9.17, 15) is 18.4 Å². The third-order valence-electron chi connectivity index (χ3n) is 4.98. The first kappa shape index (κ1) is 22.8. The molecule has 0 saturated heterocycles. The van der Waals surface area contributed by atoms with Gasteiger partial charge in [0.05, 0.1) is 22.6 Å². The molecule has 0 saturated carbocycles. The Hall–Kier alpha value is -3.38. The molecule has 3 N–H and O–H groups in total. The van der Waals surface area contributed by atoms with Crippen LogP contribution < -0.4 is 11.1 Å².